The van der Waals surface area contributed by atoms with Crippen LogP contribution in [0.2, 0.25) is 0 Å². The summed E-state index contributed by atoms with van der Waals surface area (Å²) in [4.78, 5) is 31.8. The van der Waals surface area contributed by atoms with Crippen molar-refractivity contribution in [3.8, 4) is 0 Å². The largest absolute Gasteiger partial charge is 0.317 e. The molecule has 2 amide bonds. The maximum Gasteiger partial charge on any atom is 0.268 e. The van der Waals surface area contributed by atoms with Crippen LogP contribution >= 0.6 is 11.3 Å². The summed E-state index contributed by atoms with van der Waals surface area (Å²) in [6.45, 7) is 2.63. The summed E-state index contributed by atoms with van der Waals surface area (Å²) < 4.78 is 0. The van der Waals surface area contributed by atoms with E-state index < -0.39 is 0 Å². The molecule has 2 aromatic heterocycles. The number of pyridine rings is 1. The number of fused-ring (bicyclic) bond motifs is 1. The third kappa shape index (κ3) is 2.82. The number of anilines is 2. The van der Waals surface area contributed by atoms with Gasteiger partial charge in [0.25, 0.3) is 5.91 Å². The molecule has 2 aliphatic rings. The molecule has 124 valence electrons. The second-order valence-electron chi connectivity index (χ2n) is 6.42. The fourth-order valence-corrected chi connectivity index (χ4v) is 4.08. The lowest BCUT2D eigenvalue weighted by atomic mass is 10.1. The molecule has 0 spiro atoms. The van der Waals surface area contributed by atoms with Crippen LogP contribution in [-0.4, -0.2) is 23.3 Å². The Labute approximate surface area is 144 Å². The Bertz CT molecular complexity index is 810. The van der Waals surface area contributed by atoms with Gasteiger partial charge in [-0.1, -0.05) is 0 Å². The van der Waals surface area contributed by atoms with E-state index >= 15 is 0 Å². The van der Waals surface area contributed by atoms with E-state index in [1.807, 2.05) is 30.0 Å². The van der Waals surface area contributed by atoms with Gasteiger partial charge in [0.1, 0.15) is 0 Å². The average molecular weight is 341 g/mol. The van der Waals surface area contributed by atoms with Crippen molar-refractivity contribution in [1.29, 1.82) is 0 Å². The van der Waals surface area contributed by atoms with Gasteiger partial charge in [-0.3, -0.25) is 14.6 Å². The van der Waals surface area contributed by atoms with Crippen LogP contribution in [0, 0.1) is 12.8 Å². The third-order valence-electron chi connectivity index (χ3n) is 4.50. The quantitative estimate of drug-likeness (QED) is 0.931. The molecule has 6 heteroatoms. The van der Waals surface area contributed by atoms with Crippen molar-refractivity contribution in [2.24, 2.45) is 5.92 Å². The first-order valence-corrected chi connectivity index (χ1v) is 9.12. The maximum atomic E-state index is 13.0. The van der Waals surface area contributed by atoms with Crippen LogP contribution in [0.4, 0.5) is 10.7 Å². The summed E-state index contributed by atoms with van der Waals surface area (Å²) in [6, 6.07) is 5.72. The number of hydrogen-bond acceptors (Lipinski definition) is 4. The average Bonchev–Trinajstić information content (AvgIpc) is 3.38. The van der Waals surface area contributed by atoms with E-state index in [9.17, 15) is 9.59 Å². The molecule has 1 fully saturated rings. The van der Waals surface area contributed by atoms with E-state index in [4.69, 9.17) is 0 Å². The molecule has 1 saturated carbocycles. The number of rotatable bonds is 3. The normalized spacial score (nSPS) is 16.6. The zero-order valence-electron chi connectivity index (χ0n) is 13.5. The molecule has 3 heterocycles. The van der Waals surface area contributed by atoms with Crippen LogP contribution < -0.4 is 10.2 Å². The predicted molar refractivity (Wildman–Crippen MR) is 94.6 cm³/mol. The molecular weight excluding hydrogens is 322 g/mol. The van der Waals surface area contributed by atoms with Gasteiger partial charge in [-0.15, -0.1) is 11.3 Å². The number of thiophene rings is 1. The number of hydrogen-bond donors (Lipinski definition) is 1. The van der Waals surface area contributed by atoms with Gasteiger partial charge in [0.15, 0.2) is 0 Å². The van der Waals surface area contributed by atoms with Gasteiger partial charge < -0.3 is 10.2 Å². The van der Waals surface area contributed by atoms with Gasteiger partial charge in [0, 0.05) is 18.7 Å². The smallest absolute Gasteiger partial charge is 0.268 e. The van der Waals surface area contributed by atoms with E-state index in [0.717, 1.165) is 47.6 Å². The molecule has 1 N–H and O–H groups in total. The molecule has 1 aliphatic heterocycles. The van der Waals surface area contributed by atoms with Crippen LogP contribution in [0.25, 0.3) is 0 Å². The first-order valence-electron chi connectivity index (χ1n) is 8.30. The van der Waals surface area contributed by atoms with Gasteiger partial charge >= 0.3 is 0 Å². The summed E-state index contributed by atoms with van der Waals surface area (Å²) in [5.74, 6) is 0.229. The zero-order chi connectivity index (χ0) is 16.7. The molecule has 0 aromatic carbocycles. The minimum absolute atomic E-state index is 0.00151. The summed E-state index contributed by atoms with van der Waals surface area (Å²) in [5, 5.41) is 3.70. The van der Waals surface area contributed by atoms with Gasteiger partial charge in [-0.2, -0.15) is 0 Å². The highest BCUT2D eigenvalue weighted by atomic mass is 32.1. The molecule has 0 radical (unpaired) electrons. The monoisotopic (exact) mass is 341 g/mol. The Morgan fingerprint density at radius 1 is 1.38 bits per heavy atom. The Morgan fingerprint density at radius 3 is 3.00 bits per heavy atom. The van der Waals surface area contributed by atoms with Gasteiger partial charge in [0.2, 0.25) is 5.91 Å². The lowest BCUT2D eigenvalue weighted by molar-refractivity contribution is -0.117. The van der Waals surface area contributed by atoms with Gasteiger partial charge in [0.05, 0.1) is 21.3 Å². The molecule has 0 atom stereocenters. The highest BCUT2D eigenvalue weighted by molar-refractivity contribution is 7.18. The molecular formula is C18H19N3O2S. The third-order valence-corrected chi connectivity index (χ3v) is 5.64. The lowest BCUT2D eigenvalue weighted by Gasteiger charge is -2.28. The van der Waals surface area contributed by atoms with Crippen LogP contribution in [0.1, 0.15) is 40.2 Å². The number of aryl methyl sites for hydroxylation is 2. The topological polar surface area (TPSA) is 62.3 Å². The zero-order valence-corrected chi connectivity index (χ0v) is 14.4. The van der Waals surface area contributed by atoms with Crippen molar-refractivity contribution in [1.82, 2.24) is 4.98 Å². The van der Waals surface area contributed by atoms with Crippen molar-refractivity contribution >= 4 is 33.8 Å². The number of carbonyl (C=O) groups excluding carboxylic acids is 2. The number of amides is 2. The van der Waals surface area contributed by atoms with Crippen molar-refractivity contribution in [2.75, 3.05) is 16.8 Å². The molecule has 2 aromatic rings. The summed E-state index contributed by atoms with van der Waals surface area (Å²) in [5.41, 5.74) is 2.80. The standard InChI is InChI=1S/C18H19N3O2S/c1-11-10-15(20-17(22)12-6-7-12)24-16(11)18(23)21-9-3-4-13-14(21)5-2-8-19-13/h2,5,8,10,12H,3-4,6-7,9H2,1H3,(H,20,22). The van der Waals surface area contributed by atoms with Crippen molar-refractivity contribution in [3.63, 3.8) is 0 Å². The van der Waals surface area contributed by atoms with Crippen molar-refractivity contribution in [3.05, 3.63) is 40.5 Å². The van der Waals surface area contributed by atoms with E-state index in [0.29, 0.717) is 11.4 Å². The molecule has 0 saturated heterocycles. The van der Waals surface area contributed by atoms with E-state index in [-0.39, 0.29) is 17.7 Å². The summed E-state index contributed by atoms with van der Waals surface area (Å²) >= 11 is 1.37. The number of nitrogens with one attached hydrogen (secondary N) is 1. The van der Waals surface area contributed by atoms with Crippen LogP contribution in [-0.2, 0) is 11.2 Å². The number of nitrogens with zero attached hydrogens (tertiary/aromatic N) is 2. The minimum atomic E-state index is -0.00151. The number of aromatic nitrogens is 1. The fourth-order valence-electron chi connectivity index (χ4n) is 3.05. The van der Waals surface area contributed by atoms with Gasteiger partial charge in [-0.25, -0.2) is 0 Å². The summed E-state index contributed by atoms with van der Waals surface area (Å²) in [7, 11) is 0. The molecule has 24 heavy (non-hydrogen) atoms. The van der Waals surface area contributed by atoms with Crippen molar-refractivity contribution in [2.45, 2.75) is 32.6 Å². The maximum absolute atomic E-state index is 13.0. The van der Waals surface area contributed by atoms with E-state index in [2.05, 4.69) is 10.3 Å². The van der Waals surface area contributed by atoms with Gasteiger partial charge in [-0.05, 0) is 56.4 Å². The summed E-state index contributed by atoms with van der Waals surface area (Å²) in [6.07, 6.45) is 5.55. The Balaban J connectivity index is 1.59. The second kappa shape index (κ2) is 6.02. The first kappa shape index (κ1) is 15.3. The Kier molecular flexibility index (Phi) is 3.84. The predicted octanol–water partition coefficient (Wildman–Crippen LogP) is 3.39. The highest BCUT2D eigenvalue weighted by Gasteiger charge is 2.31. The number of carbonyl (C=O) groups is 2. The second-order valence-corrected chi connectivity index (χ2v) is 7.47. The lowest BCUT2D eigenvalue weighted by Crippen LogP contribution is -2.35. The van der Waals surface area contributed by atoms with Crippen molar-refractivity contribution < 1.29 is 9.59 Å². The molecule has 4 rings (SSSR count). The van der Waals surface area contributed by atoms with Crippen LogP contribution in [0.15, 0.2) is 24.4 Å². The highest BCUT2D eigenvalue weighted by Crippen LogP contribution is 2.34. The molecule has 0 unspecified atom stereocenters. The fraction of sp³-hybridized carbons (Fsp3) is 0.389. The minimum Gasteiger partial charge on any atom is -0.317 e. The molecule has 5 nitrogen and oxygen atoms in total. The molecule has 0 bridgehead atoms. The molecule has 1 aliphatic carbocycles. The SMILES string of the molecule is Cc1cc(NC(=O)C2CC2)sc1C(=O)N1CCCc2ncccc21. The van der Waals surface area contributed by atoms with E-state index in [1.165, 1.54) is 11.3 Å². The Morgan fingerprint density at radius 2 is 2.21 bits per heavy atom. The van der Waals surface area contributed by atoms with Crippen LogP contribution in [0.5, 0.6) is 0 Å². The van der Waals surface area contributed by atoms with Crippen LogP contribution in [0.3, 0.4) is 0 Å². The van der Waals surface area contributed by atoms with E-state index in [1.54, 1.807) is 6.20 Å². The Hall–Kier alpha value is -2.21. The first-order chi connectivity index (χ1) is 11.6.